The summed E-state index contributed by atoms with van der Waals surface area (Å²) in [7, 11) is 2.23. The Labute approximate surface area is 114 Å². The Bertz CT molecular complexity index is 589. The fourth-order valence-electron chi connectivity index (χ4n) is 1.25. The van der Waals surface area contributed by atoms with Crippen molar-refractivity contribution in [3.05, 3.63) is 28.5 Å². The summed E-state index contributed by atoms with van der Waals surface area (Å²) in [6.45, 7) is 2.04. The molecule has 1 rings (SSSR count). The minimum Gasteiger partial charge on any atom is -0.342 e. The van der Waals surface area contributed by atoms with Gasteiger partial charge in [0.05, 0.1) is 5.56 Å². The van der Waals surface area contributed by atoms with Crippen LogP contribution in [0.2, 0.25) is 5.02 Å². The average Bonchev–Trinajstić information content (AvgIpc) is 2.28. The smallest absolute Gasteiger partial charge is 0.264 e. The van der Waals surface area contributed by atoms with Crippen molar-refractivity contribution in [1.82, 2.24) is 4.90 Å². The molecule has 1 aromatic carbocycles. The van der Waals surface area contributed by atoms with Crippen LogP contribution in [0.5, 0.6) is 0 Å². The van der Waals surface area contributed by atoms with Crippen LogP contribution >= 0.6 is 22.3 Å². The lowest BCUT2D eigenvalue weighted by molar-refractivity contribution is 0.0797. The topological polar surface area (TPSA) is 54.5 Å². The van der Waals surface area contributed by atoms with E-state index in [0.29, 0.717) is 6.54 Å². The zero-order valence-corrected chi connectivity index (χ0v) is 11.9. The van der Waals surface area contributed by atoms with Crippen molar-refractivity contribution in [3.63, 3.8) is 0 Å². The van der Waals surface area contributed by atoms with E-state index in [0.717, 1.165) is 12.1 Å². The number of carbonyl (C=O) groups excluding carboxylic acids is 1. The first-order valence-electron chi connectivity index (χ1n) is 4.87. The maximum absolute atomic E-state index is 13.9. The number of rotatable bonds is 3. The zero-order valence-electron chi connectivity index (χ0n) is 9.58. The number of halogens is 3. The third-order valence-electron chi connectivity index (χ3n) is 2.32. The highest BCUT2D eigenvalue weighted by molar-refractivity contribution is 8.13. The Hall–Kier alpha value is -0.850. The minimum absolute atomic E-state index is 0.0801. The van der Waals surface area contributed by atoms with E-state index < -0.39 is 31.2 Å². The predicted molar refractivity (Wildman–Crippen MR) is 67.1 cm³/mol. The van der Waals surface area contributed by atoms with Gasteiger partial charge in [0.15, 0.2) is 5.82 Å². The van der Waals surface area contributed by atoms with Gasteiger partial charge in [-0.05, 0) is 19.1 Å². The molecule has 0 heterocycles. The molecule has 0 fully saturated rings. The highest BCUT2D eigenvalue weighted by atomic mass is 35.7. The Balaban J connectivity index is 3.48. The van der Waals surface area contributed by atoms with E-state index in [1.54, 1.807) is 6.92 Å². The molecular weight excluding hydrogens is 304 g/mol. The summed E-state index contributed by atoms with van der Waals surface area (Å²) >= 11 is 5.66. The highest BCUT2D eigenvalue weighted by Crippen LogP contribution is 2.26. The van der Waals surface area contributed by atoms with Gasteiger partial charge in [-0.2, -0.15) is 0 Å². The quantitative estimate of drug-likeness (QED) is 0.806. The summed E-state index contributed by atoms with van der Waals surface area (Å²) in [5, 5.41) is -0.0801. The van der Waals surface area contributed by atoms with Gasteiger partial charge >= 0.3 is 0 Å². The molecule has 8 heteroatoms. The van der Waals surface area contributed by atoms with Gasteiger partial charge in [-0.15, -0.1) is 0 Å². The first kappa shape index (κ1) is 15.2. The Morgan fingerprint density at radius 1 is 1.44 bits per heavy atom. The van der Waals surface area contributed by atoms with Crippen LogP contribution in [0.25, 0.3) is 0 Å². The summed E-state index contributed by atoms with van der Waals surface area (Å²) in [4.78, 5) is 12.2. The average molecular weight is 314 g/mol. The number of carbonyl (C=O) groups is 1. The molecule has 18 heavy (non-hydrogen) atoms. The molecule has 0 aliphatic heterocycles. The van der Waals surface area contributed by atoms with E-state index in [1.165, 1.54) is 11.9 Å². The van der Waals surface area contributed by atoms with Gasteiger partial charge in [-0.25, -0.2) is 12.8 Å². The Morgan fingerprint density at radius 2 is 2.00 bits per heavy atom. The maximum atomic E-state index is 13.9. The van der Waals surface area contributed by atoms with Crippen LogP contribution in [0.3, 0.4) is 0 Å². The van der Waals surface area contributed by atoms with E-state index in [-0.39, 0.29) is 5.02 Å². The van der Waals surface area contributed by atoms with E-state index in [9.17, 15) is 17.6 Å². The second-order valence-electron chi connectivity index (χ2n) is 3.52. The summed E-state index contributed by atoms with van der Waals surface area (Å²) < 4.78 is 36.2. The van der Waals surface area contributed by atoms with Crippen LogP contribution in [0, 0.1) is 5.82 Å². The van der Waals surface area contributed by atoms with Crippen molar-refractivity contribution in [1.29, 1.82) is 0 Å². The van der Waals surface area contributed by atoms with Crippen molar-refractivity contribution in [3.8, 4) is 0 Å². The molecule has 0 atom stereocenters. The van der Waals surface area contributed by atoms with Crippen LogP contribution in [-0.2, 0) is 9.05 Å². The Kier molecular flexibility index (Phi) is 4.58. The second kappa shape index (κ2) is 5.42. The lowest BCUT2D eigenvalue weighted by Gasteiger charge is -2.15. The van der Waals surface area contributed by atoms with Crippen LogP contribution < -0.4 is 0 Å². The molecule has 0 N–H and O–H groups in total. The molecule has 0 aliphatic carbocycles. The summed E-state index contributed by atoms with van der Waals surface area (Å²) in [5.41, 5.74) is -0.425. The molecule has 100 valence electrons. The van der Waals surface area contributed by atoms with Gasteiger partial charge in [-0.1, -0.05) is 11.6 Å². The maximum Gasteiger partial charge on any atom is 0.264 e. The van der Waals surface area contributed by atoms with Crippen LogP contribution in [0.1, 0.15) is 17.3 Å². The summed E-state index contributed by atoms with van der Waals surface area (Å²) in [5.74, 6) is -1.86. The SMILES string of the molecule is CCN(C)C(=O)c1cc(Cl)cc(S(=O)(=O)Cl)c1F. The molecule has 1 amide bonds. The highest BCUT2D eigenvalue weighted by Gasteiger charge is 2.24. The van der Waals surface area contributed by atoms with Crippen molar-refractivity contribution < 1.29 is 17.6 Å². The molecule has 4 nitrogen and oxygen atoms in total. The van der Waals surface area contributed by atoms with E-state index >= 15 is 0 Å². The fourth-order valence-corrected chi connectivity index (χ4v) is 2.46. The fraction of sp³-hybridized carbons (Fsp3) is 0.300. The van der Waals surface area contributed by atoms with Gasteiger partial charge in [0.2, 0.25) is 0 Å². The molecule has 0 aromatic heterocycles. The third-order valence-corrected chi connectivity index (χ3v) is 3.86. The summed E-state index contributed by atoms with van der Waals surface area (Å²) in [6.07, 6.45) is 0. The summed E-state index contributed by atoms with van der Waals surface area (Å²) in [6, 6.07) is 1.93. The molecule has 0 radical (unpaired) electrons. The van der Waals surface area contributed by atoms with Crippen molar-refractivity contribution in [2.75, 3.05) is 13.6 Å². The first-order chi connectivity index (χ1) is 8.18. The molecule has 0 unspecified atom stereocenters. The van der Waals surface area contributed by atoms with E-state index in [4.69, 9.17) is 22.3 Å². The molecule has 1 aromatic rings. The van der Waals surface area contributed by atoms with E-state index in [1.807, 2.05) is 0 Å². The van der Waals surface area contributed by atoms with Crippen LogP contribution in [0.15, 0.2) is 17.0 Å². The normalized spacial score (nSPS) is 11.4. The predicted octanol–water partition coefficient (Wildman–Crippen LogP) is 2.50. The zero-order chi connectivity index (χ0) is 14.1. The molecule has 0 spiro atoms. The molecular formula is C10H10Cl2FNO3S. The standard InChI is InChI=1S/C10H10Cl2FNO3S/c1-3-14(2)10(15)7-4-6(11)5-8(9(7)13)18(12,16)17/h4-5H,3H2,1-2H3. The third kappa shape index (κ3) is 3.13. The van der Waals surface area contributed by atoms with Gasteiger partial charge < -0.3 is 4.90 Å². The molecule has 0 saturated heterocycles. The van der Waals surface area contributed by atoms with Crippen LogP contribution in [0.4, 0.5) is 4.39 Å². The number of amides is 1. The van der Waals surface area contributed by atoms with Gasteiger partial charge in [0.25, 0.3) is 15.0 Å². The van der Waals surface area contributed by atoms with Crippen molar-refractivity contribution in [2.45, 2.75) is 11.8 Å². The number of nitrogens with zero attached hydrogens (tertiary/aromatic N) is 1. The minimum atomic E-state index is -4.30. The first-order valence-corrected chi connectivity index (χ1v) is 7.56. The van der Waals surface area contributed by atoms with Gasteiger partial charge in [-0.3, -0.25) is 4.79 Å². The van der Waals surface area contributed by atoms with Gasteiger partial charge in [0, 0.05) is 29.3 Å². The van der Waals surface area contributed by atoms with Gasteiger partial charge in [0.1, 0.15) is 4.90 Å². The van der Waals surface area contributed by atoms with E-state index in [2.05, 4.69) is 0 Å². The second-order valence-corrected chi connectivity index (χ2v) is 6.49. The molecule has 0 aliphatic rings. The van der Waals surface area contributed by atoms with Crippen molar-refractivity contribution in [2.24, 2.45) is 0 Å². The number of hydrogen-bond donors (Lipinski definition) is 0. The number of hydrogen-bond acceptors (Lipinski definition) is 3. The molecule has 0 bridgehead atoms. The lowest BCUT2D eigenvalue weighted by Crippen LogP contribution is -2.27. The largest absolute Gasteiger partial charge is 0.342 e. The molecule has 0 saturated carbocycles. The Morgan fingerprint density at radius 3 is 2.44 bits per heavy atom. The number of benzene rings is 1. The monoisotopic (exact) mass is 313 g/mol. The van der Waals surface area contributed by atoms with Crippen LogP contribution in [-0.4, -0.2) is 32.8 Å². The van der Waals surface area contributed by atoms with Crippen molar-refractivity contribution >= 4 is 37.2 Å². The lowest BCUT2D eigenvalue weighted by atomic mass is 10.2.